The van der Waals surface area contributed by atoms with Gasteiger partial charge in [-0.05, 0) is 29.3 Å². The van der Waals surface area contributed by atoms with Crippen molar-refractivity contribution in [2.75, 3.05) is 24.2 Å². The van der Waals surface area contributed by atoms with Gasteiger partial charge in [0, 0.05) is 19.8 Å². The zero-order chi connectivity index (χ0) is 11.4. The van der Waals surface area contributed by atoms with Crippen molar-refractivity contribution in [1.82, 2.24) is 4.98 Å². The van der Waals surface area contributed by atoms with Crippen LogP contribution in [0, 0.1) is 0 Å². The molecule has 4 nitrogen and oxygen atoms in total. The molecule has 0 aliphatic rings. The second kappa shape index (κ2) is 5.32. The van der Waals surface area contributed by atoms with Crippen LogP contribution in [0.4, 0.5) is 11.4 Å². The standard InChI is InChI=1S/C10H16BrN3O/c1-7(15)3-4-14(2)10-8(11)5-13-6-9(10)12/h5-7,15H,3-4,12H2,1-2H3. The Bertz CT molecular complexity index is 310. The van der Waals surface area contributed by atoms with Crippen LogP contribution in [0.2, 0.25) is 0 Å². The largest absolute Gasteiger partial charge is 0.396 e. The van der Waals surface area contributed by atoms with E-state index in [1.807, 2.05) is 11.9 Å². The van der Waals surface area contributed by atoms with Gasteiger partial charge in [0.15, 0.2) is 0 Å². The summed E-state index contributed by atoms with van der Waals surface area (Å²) in [7, 11) is 1.94. The first kappa shape index (κ1) is 12.3. The van der Waals surface area contributed by atoms with Crippen molar-refractivity contribution in [3.05, 3.63) is 16.9 Å². The van der Waals surface area contributed by atoms with Crippen molar-refractivity contribution < 1.29 is 5.11 Å². The molecule has 1 rings (SSSR count). The normalized spacial score (nSPS) is 12.5. The number of hydrogen-bond acceptors (Lipinski definition) is 4. The van der Waals surface area contributed by atoms with Crippen LogP contribution in [0.5, 0.6) is 0 Å². The molecule has 3 N–H and O–H groups in total. The van der Waals surface area contributed by atoms with Crippen LogP contribution >= 0.6 is 15.9 Å². The van der Waals surface area contributed by atoms with Gasteiger partial charge in [0.25, 0.3) is 0 Å². The molecule has 0 saturated carbocycles. The minimum Gasteiger partial charge on any atom is -0.396 e. The summed E-state index contributed by atoms with van der Waals surface area (Å²) in [4.78, 5) is 5.98. The molecule has 0 bridgehead atoms. The molecule has 0 amide bonds. The van der Waals surface area contributed by atoms with Gasteiger partial charge < -0.3 is 15.7 Å². The molecule has 1 atom stereocenters. The molecule has 0 aromatic carbocycles. The van der Waals surface area contributed by atoms with E-state index >= 15 is 0 Å². The Morgan fingerprint density at radius 1 is 1.60 bits per heavy atom. The topological polar surface area (TPSA) is 62.4 Å². The summed E-state index contributed by atoms with van der Waals surface area (Å²) in [6, 6.07) is 0. The number of aromatic nitrogens is 1. The lowest BCUT2D eigenvalue weighted by Crippen LogP contribution is -2.23. The number of nitrogen functional groups attached to an aromatic ring is 1. The van der Waals surface area contributed by atoms with Crippen LogP contribution in [0.1, 0.15) is 13.3 Å². The number of pyridine rings is 1. The zero-order valence-electron chi connectivity index (χ0n) is 8.94. The van der Waals surface area contributed by atoms with Crippen LogP contribution in [0.25, 0.3) is 0 Å². The van der Waals surface area contributed by atoms with Gasteiger partial charge in [-0.15, -0.1) is 0 Å². The van der Waals surface area contributed by atoms with Crippen LogP contribution < -0.4 is 10.6 Å². The van der Waals surface area contributed by atoms with Crippen molar-refractivity contribution >= 4 is 27.3 Å². The van der Waals surface area contributed by atoms with Gasteiger partial charge >= 0.3 is 0 Å². The van der Waals surface area contributed by atoms with Gasteiger partial charge in [-0.2, -0.15) is 0 Å². The third-order valence-corrected chi connectivity index (χ3v) is 2.75. The number of anilines is 2. The van der Waals surface area contributed by atoms with E-state index in [1.165, 1.54) is 0 Å². The molecule has 1 heterocycles. The highest BCUT2D eigenvalue weighted by Crippen LogP contribution is 2.30. The van der Waals surface area contributed by atoms with Crippen LogP contribution in [-0.2, 0) is 0 Å². The maximum absolute atomic E-state index is 9.20. The first-order valence-electron chi connectivity index (χ1n) is 4.80. The predicted octanol–water partition coefficient (Wildman–Crippen LogP) is 1.63. The molecule has 0 aliphatic heterocycles. The first-order chi connectivity index (χ1) is 7.02. The monoisotopic (exact) mass is 273 g/mol. The van der Waals surface area contributed by atoms with Gasteiger partial charge in [-0.25, -0.2) is 0 Å². The molecular weight excluding hydrogens is 258 g/mol. The first-order valence-corrected chi connectivity index (χ1v) is 5.60. The number of halogens is 1. The van der Waals surface area contributed by atoms with E-state index in [-0.39, 0.29) is 6.10 Å². The molecule has 0 saturated heterocycles. The van der Waals surface area contributed by atoms with E-state index in [0.717, 1.165) is 16.7 Å². The number of nitrogens with zero attached hydrogens (tertiary/aromatic N) is 2. The molecule has 5 heteroatoms. The fraction of sp³-hybridized carbons (Fsp3) is 0.500. The Kier molecular flexibility index (Phi) is 4.35. The third kappa shape index (κ3) is 3.35. The van der Waals surface area contributed by atoms with Gasteiger partial charge in [0.1, 0.15) is 0 Å². The van der Waals surface area contributed by atoms with Crippen molar-refractivity contribution in [1.29, 1.82) is 0 Å². The molecule has 1 aromatic heterocycles. The second-order valence-electron chi connectivity index (χ2n) is 3.62. The fourth-order valence-electron chi connectivity index (χ4n) is 1.34. The summed E-state index contributed by atoms with van der Waals surface area (Å²) in [6.07, 6.45) is 3.75. The quantitative estimate of drug-likeness (QED) is 0.876. The van der Waals surface area contributed by atoms with Crippen molar-refractivity contribution in [3.8, 4) is 0 Å². The average Bonchev–Trinajstić information content (AvgIpc) is 2.14. The van der Waals surface area contributed by atoms with Crippen molar-refractivity contribution in [2.24, 2.45) is 0 Å². The van der Waals surface area contributed by atoms with Crippen LogP contribution in [-0.4, -0.2) is 29.8 Å². The molecule has 1 aromatic rings. The van der Waals surface area contributed by atoms with Crippen LogP contribution in [0.15, 0.2) is 16.9 Å². The van der Waals surface area contributed by atoms with E-state index in [4.69, 9.17) is 5.73 Å². The van der Waals surface area contributed by atoms with Gasteiger partial charge in [0.05, 0.1) is 28.1 Å². The van der Waals surface area contributed by atoms with E-state index in [2.05, 4.69) is 20.9 Å². The lowest BCUT2D eigenvalue weighted by Gasteiger charge is -2.22. The number of aliphatic hydroxyl groups excluding tert-OH is 1. The molecular formula is C10H16BrN3O. The molecule has 1 unspecified atom stereocenters. The zero-order valence-corrected chi connectivity index (χ0v) is 10.5. The van der Waals surface area contributed by atoms with Crippen molar-refractivity contribution in [3.63, 3.8) is 0 Å². The van der Waals surface area contributed by atoms with Gasteiger partial charge in [0.2, 0.25) is 0 Å². The smallest absolute Gasteiger partial charge is 0.0773 e. The highest BCUT2D eigenvalue weighted by atomic mass is 79.9. The van der Waals surface area contributed by atoms with E-state index in [9.17, 15) is 5.11 Å². The maximum atomic E-state index is 9.20. The second-order valence-corrected chi connectivity index (χ2v) is 4.47. The molecule has 0 radical (unpaired) electrons. The van der Waals surface area contributed by atoms with Gasteiger partial charge in [-0.3, -0.25) is 4.98 Å². The van der Waals surface area contributed by atoms with E-state index < -0.39 is 0 Å². The Morgan fingerprint density at radius 2 is 2.27 bits per heavy atom. The summed E-state index contributed by atoms with van der Waals surface area (Å²) < 4.78 is 0.871. The Labute approximate surface area is 98.2 Å². The Morgan fingerprint density at radius 3 is 2.80 bits per heavy atom. The Balaban J connectivity index is 2.77. The lowest BCUT2D eigenvalue weighted by atomic mass is 10.2. The maximum Gasteiger partial charge on any atom is 0.0773 e. The SMILES string of the molecule is CC(O)CCN(C)c1c(N)cncc1Br. The predicted molar refractivity (Wildman–Crippen MR) is 65.9 cm³/mol. The summed E-state index contributed by atoms with van der Waals surface area (Å²) in [5, 5.41) is 9.20. The molecule has 0 spiro atoms. The number of hydrogen-bond donors (Lipinski definition) is 2. The summed E-state index contributed by atoms with van der Waals surface area (Å²) >= 11 is 3.41. The molecule has 15 heavy (non-hydrogen) atoms. The highest BCUT2D eigenvalue weighted by molar-refractivity contribution is 9.10. The highest BCUT2D eigenvalue weighted by Gasteiger charge is 2.10. The number of nitrogens with two attached hydrogens (primary N) is 1. The van der Waals surface area contributed by atoms with E-state index in [1.54, 1.807) is 19.3 Å². The van der Waals surface area contributed by atoms with Gasteiger partial charge in [-0.1, -0.05) is 0 Å². The number of rotatable bonds is 4. The fourth-order valence-corrected chi connectivity index (χ4v) is 1.99. The van der Waals surface area contributed by atoms with Crippen LogP contribution in [0.3, 0.4) is 0 Å². The summed E-state index contributed by atoms with van der Waals surface area (Å²) in [5.41, 5.74) is 7.39. The summed E-state index contributed by atoms with van der Waals surface area (Å²) in [5.74, 6) is 0. The van der Waals surface area contributed by atoms with E-state index in [0.29, 0.717) is 12.1 Å². The Hall–Kier alpha value is -0.810. The average molecular weight is 274 g/mol. The minimum absolute atomic E-state index is 0.297. The number of aliphatic hydroxyl groups is 1. The third-order valence-electron chi connectivity index (χ3n) is 2.17. The molecule has 0 aliphatic carbocycles. The van der Waals surface area contributed by atoms with Crippen molar-refractivity contribution in [2.45, 2.75) is 19.4 Å². The lowest BCUT2D eigenvalue weighted by molar-refractivity contribution is 0.187. The summed E-state index contributed by atoms with van der Waals surface area (Å²) in [6.45, 7) is 2.53. The molecule has 0 fully saturated rings. The molecule has 84 valence electrons. The minimum atomic E-state index is -0.297.